The van der Waals surface area contributed by atoms with Crippen molar-refractivity contribution in [2.45, 2.75) is 6.92 Å². The Morgan fingerprint density at radius 3 is 2.26 bits per heavy atom. The molecule has 0 aliphatic heterocycles. The second-order valence-corrected chi connectivity index (χ2v) is 7.84. The Balaban J connectivity index is 1.95. The molecule has 0 radical (unpaired) electrons. The van der Waals surface area contributed by atoms with E-state index in [1.165, 1.54) is 0 Å². The summed E-state index contributed by atoms with van der Waals surface area (Å²) in [6.07, 6.45) is 13.4. The first-order valence-electron chi connectivity index (χ1n) is 11.6. The fourth-order valence-electron chi connectivity index (χ4n) is 4.14. The summed E-state index contributed by atoms with van der Waals surface area (Å²) < 4.78 is 2.21. The van der Waals surface area contributed by atoms with Gasteiger partial charge in [0.25, 0.3) is 0 Å². The second-order valence-electron chi connectivity index (χ2n) is 7.84. The molecule has 4 rings (SSSR count). The van der Waals surface area contributed by atoms with E-state index >= 15 is 0 Å². The lowest BCUT2D eigenvalue weighted by molar-refractivity contribution is 1.10. The maximum absolute atomic E-state index is 5.03. The molecule has 0 aliphatic rings. The highest BCUT2D eigenvalue weighted by Crippen LogP contribution is 2.33. The molecule has 0 spiro atoms. The summed E-state index contributed by atoms with van der Waals surface area (Å²) in [5.74, 6) is 0.882. The smallest absolute Gasteiger partial charge is 0.145 e. The highest BCUT2D eigenvalue weighted by molar-refractivity contribution is 5.84. The molecule has 3 aromatic carbocycles. The summed E-state index contributed by atoms with van der Waals surface area (Å²) in [6.45, 7) is 13.8. The van der Waals surface area contributed by atoms with Crippen LogP contribution in [0.2, 0.25) is 0 Å². The number of allylic oxidation sites excluding steroid dienone is 7. The van der Waals surface area contributed by atoms with Gasteiger partial charge >= 0.3 is 0 Å². The summed E-state index contributed by atoms with van der Waals surface area (Å²) >= 11 is 0. The zero-order valence-electron chi connectivity index (χ0n) is 20.0. The standard InChI is InChI=1S/C32H29N3/c1-5-15-26(8-4)34(27(16-6-2)17-7-3)29-21-14-18-25(24-29)32-33-30-22-12-13-23-31(30)35(32)28-19-10-9-11-20-28/h5-24H,1-2,4H2,3H3/b17-7-,26-15+,27-16+. The molecule has 4 aromatic rings. The van der Waals surface area contributed by atoms with Crippen LogP contribution in [0, 0.1) is 0 Å². The van der Waals surface area contributed by atoms with Crippen LogP contribution in [0.15, 0.2) is 153 Å². The lowest BCUT2D eigenvalue weighted by atomic mass is 10.1. The molecule has 0 atom stereocenters. The number of hydrogen-bond acceptors (Lipinski definition) is 2. The van der Waals surface area contributed by atoms with Gasteiger partial charge < -0.3 is 4.90 Å². The number of benzene rings is 3. The monoisotopic (exact) mass is 455 g/mol. The Bertz CT molecular complexity index is 1450. The number of imidazole rings is 1. The van der Waals surface area contributed by atoms with Gasteiger partial charge in [-0.05, 0) is 67.6 Å². The molecule has 0 saturated heterocycles. The molecule has 0 amide bonds. The van der Waals surface area contributed by atoms with Crippen molar-refractivity contribution in [2.75, 3.05) is 4.90 Å². The van der Waals surface area contributed by atoms with Crippen LogP contribution in [0.3, 0.4) is 0 Å². The minimum Gasteiger partial charge on any atom is -0.311 e. The molecule has 1 heterocycles. The average Bonchev–Trinajstić information content (AvgIpc) is 3.29. The summed E-state index contributed by atoms with van der Waals surface area (Å²) in [5.41, 5.74) is 6.94. The van der Waals surface area contributed by atoms with Crippen molar-refractivity contribution in [2.24, 2.45) is 0 Å². The van der Waals surface area contributed by atoms with Crippen LogP contribution in [-0.4, -0.2) is 9.55 Å². The van der Waals surface area contributed by atoms with Crippen LogP contribution in [0.4, 0.5) is 5.69 Å². The van der Waals surface area contributed by atoms with E-state index in [9.17, 15) is 0 Å². The van der Waals surface area contributed by atoms with E-state index < -0.39 is 0 Å². The van der Waals surface area contributed by atoms with Crippen molar-refractivity contribution < 1.29 is 0 Å². The lowest BCUT2D eigenvalue weighted by Gasteiger charge is -2.27. The molecule has 0 N–H and O–H groups in total. The van der Waals surface area contributed by atoms with Crippen molar-refractivity contribution >= 4 is 16.7 Å². The van der Waals surface area contributed by atoms with E-state index in [4.69, 9.17) is 4.98 Å². The first kappa shape index (κ1) is 23.5. The topological polar surface area (TPSA) is 21.1 Å². The maximum atomic E-state index is 5.03. The van der Waals surface area contributed by atoms with Gasteiger partial charge in [-0.1, -0.05) is 80.4 Å². The number of fused-ring (bicyclic) bond motifs is 1. The molecule has 0 fully saturated rings. The van der Waals surface area contributed by atoms with E-state index in [1.807, 2.05) is 73.7 Å². The number of para-hydroxylation sites is 3. The highest BCUT2D eigenvalue weighted by atomic mass is 15.2. The van der Waals surface area contributed by atoms with Crippen molar-refractivity contribution in [1.82, 2.24) is 9.55 Å². The van der Waals surface area contributed by atoms with Crippen molar-refractivity contribution in [3.8, 4) is 17.1 Å². The number of nitrogens with zero attached hydrogens (tertiary/aromatic N) is 3. The van der Waals surface area contributed by atoms with Gasteiger partial charge in [-0.15, -0.1) is 0 Å². The molecule has 0 unspecified atom stereocenters. The SMILES string of the molecule is C=C/C=C(\C=C)N(C(/C=C\C)=C/C=C)c1cccc(-c2nc3ccccc3n2-c2ccccc2)c1. The average molecular weight is 456 g/mol. The zero-order chi connectivity index (χ0) is 24.6. The molecular formula is C32H29N3. The molecule has 35 heavy (non-hydrogen) atoms. The van der Waals surface area contributed by atoms with Gasteiger partial charge in [0, 0.05) is 28.3 Å². The third-order valence-electron chi connectivity index (χ3n) is 5.58. The zero-order valence-corrected chi connectivity index (χ0v) is 20.0. The largest absolute Gasteiger partial charge is 0.311 e. The Kier molecular flexibility index (Phi) is 7.39. The predicted octanol–water partition coefficient (Wildman–Crippen LogP) is 8.40. The Hall–Kier alpha value is -4.63. The van der Waals surface area contributed by atoms with Crippen LogP contribution < -0.4 is 4.90 Å². The van der Waals surface area contributed by atoms with Gasteiger partial charge in [0.2, 0.25) is 0 Å². The first-order valence-corrected chi connectivity index (χ1v) is 11.6. The van der Waals surface area contributed by atoms with Crippen LogP contribution in [0.5, 0.6) is 0 Å². The summed E-state index contributed by atoms with van der Waals surface area (Å²) in [6, 6.07) is 26.9. The van der Waals surface area contributed by atoms with Gasteiger partial charge in [-0.25, -0.2) is 4.98 Å². The Labute approximate surface area is 207 Å². The molecule has 0 bridgehead atoms. The molecule has 3 heteroatoms. The van der Waals surface area contributed by atoms with E-state index in [0.717, 1.165) is 45.2 Å². The lowest BCUT2D eigenvalue weighted by Crippen LogP contribution is -2.20. The van der Waals surface area contributed by atoms with Gasteiger partial charge in [0.05, 0.1) is 11.0 Å². The third-order valence-corrected chi connectivity index (χ3v) is 5.58. The molecule has 0 saturated carbocycles. The van der Waals surface area contributed by atoms with Crippen molar-refractivity contribution in [3.05, 3.63) is 153 Å². The van der Waals surface area contributed by atoms with E-state index in [0.29, 0.717) is 0 Å². The van der Waals surface area contributed by atoms with Crippen LogP contribution in [-0.2, 0) is 0 Å². The van der Waals surface area contributed by atoms with Gasteiger partial charge in [0.1, 0.15) is 5.82 Å². The van der Waals surface area contributed by atoms with Crippen LogP contribution >= 0.6 is 0 Å². The predicted molar refractivity (Wildman–Crippen MR) is 151 cm³/mol. The second kappa shape index (κ2) is 11.0. The minimum absolute atomic E-state index is 0.882. The molecular weight excluding hydrogens is 426 g/mol. The molecule has 3 nitrogen and oxygen atoms in total. The van der Waals surface area contributed by atoms with E-state index in [2.05, 4.69) is 71.7 Å². The first-order chi connectivity index (χ1) is 17.2. The Morgan fingerprint density at radius 2 is 1.54 bits per heavy atom. The number of anilines is 1. The Morgan fingerprint density at radius 1 is 0.829 bits per heavy atom. The van der Waals surface area contributed by atoms with E-state index in [-0.39, 0.29) is 0 Å². The number of aromatic nitrogens is 2. The molecule has 0 aliphatic carbocycles. The van der Waals surface area contributed by atoms with Crippen molar-refractivity contribution in [1.29, 1.82) is 0 Å². The third kappa shape index (κ3) is 4.85. The van der Waals surface area contributed by atoms with Crippen molar-refractivity contribution in [3.63, 3.8) is 0 Å². The maximum Gasteiger partial charge on any atom is 0.145 e. The molecule has 172 valence electrons. The van der Waals surface area contributed by atoms with Gasteiger partial charge in [0.15, 0.2) is 0 Å². The van der Waals surface area contributed by atoms with Gasteiger partial charge in [-0.2, -0.15) is 0 Å². The number of hydrogen-bond donors (Lipinski definition) is 0. The quantitative estimate of drug-likeness (QED) is 0.236. The summed E-state index contributed by atoms with van der Waals surface area (Å²) in [4.78, 5) is 7.16. The van der Waals surface area contributed by atoms with Crippen LogP contribution in [0.25, 0.3) is 28.1 Å². The summed E-state index contributed by atoms with van der Waals surface area (Å²) in [7, 11) is 0. The minimum atomic E-state index is 0.882. The van der Waals surface area contributed by atoms with E-state index in [1.54, 1.807) is 12.2 Å². The van der Waals surface area contributed by atoms with Gasteiger partial charge in [-0.3, -0.25) is 4.57 Å². The normalized spacial score (nSPS) is 12.1. The highest BCUT2D eigenvalue weighted by Gasteiger charge is 2.17. The van der Waals surface area contributed by atoms with Crippen LogP contribution in [0.1, 0.15) is 6.92 Å². The fraction of sp³-hybridized carbons (Fsp3) is 0.0312. The molecule has 1 aromatic heterocycles. The number of rotatable bonds is 9. The summed E-state index contributed by atoms with van der Waals surface area (Å²) in [5, 5.41) is 0. The fourth-order valence-corrected chi connectivity index (χ4v) is 4.14.